The van der Waals surface area contributed by atoms with Crippen LogP contribution in [-0.4, -0.2) is 14.1 Å². The van der Waals surface area contributed by atoms with Gasteiger partial charge in [0.15, 0.2) is 0 Å². The van der Waals surface area contributed by atoms with E-state index in [1.54, 1.807) is 0 Å². The van der Waals surface area contributed by atoms with Crippen molar-refractivity contribution in [3.63, 3.8) is 0 Å². The van der Waals surface area contributed by atoms with E-state index in [4.69, 9.17) is 0 Å². The Balaban J connectivity index is 1.15. The minimum Gasteiger partial charge on any atom is -0.341 e. The molecule has 10 aromatic carbocycles. The molecule has 0 saturated carbocycles. The Hall–Kier alpha value is -8.08. The maximum absolute atomic E-state index is 2.51. The third-order valence-electron chi connectivity index (χ3n) is 14.9. The SMILES string of the molecule is Cc1cc(C)cc(-c2c3ccc(N4c5ccccc5N(C)c5ccccc54)cc3c(-c3ccc4c(c3)C(C)(C)c3ccccc3-4)c3ccc(N4c5ccccc5N(C)c5ccccc54)cc23)c1. The molecule has 0 radical (unpaired) electrons. The van der Waals surface area contributed by atoms with Gasteiger partial charge in [0.2, 0.25) is 0 Å². The van der Waals surface area contributed by atoms with E-state index in [0.717, 1.165) is 34.1 Å². The average Bonchev–Trinajstić information content (AvgIpc) is 3.58. The fraction of sp³-hybridized carbons (Fsp3) is 0.111. The number of rotatable bonds is 4. The van der Waals surface area contributed by atoms with Gasteiger partial charge < -0.3 is 19.6 Å². The molecule has 0 fully saturated rings. The molecular weight excluding hydrogens is 813 g/mol. The molecule has 4 nitrogen and oxygen atoms in total. The lowest BCUT2D eigenvalue weighted by Gasteiger charge is -2.39. The van der Waals surface area contributed by atoms with Gasteiger partial charge in [0.1, 0.15) is 0 Å². The molecule has 0 amide bonds. The highest BCUT2D eigenvalue weighted by Gasteiger charge is 2.36. The maximum atomic E-state index is 2.51. The van der Waals surface area contributed by atoms with Crippen LogP contribution < -0.4 is 19.6 Å². The van der Waals surface area contributed by atoms with E-state index in [2.05, 4.69) is 256 Å². The smallest absolute Gasteiger partial charge is 0.0699 e. The number of fused-ring (bicyclic) bond motifs is 9. The van der Waals surface area contributed by atoms with Crippen molar-refractivity contribution in [2.24, 2.45) is 0 Å². The molecule has 2 aliphatic heterocycles. The molecule has 0 unspecified atom stereocenters. The summed E-state index contributed by atoms with van der Waals surface area (Å²) in [5, 5.41) is 4.91. The Kier molecular flexibility index (Phi) is 8.48. The van der Waals surface area contributed by atoms with Gasteiger partial charge in [-0.15, -0.1) is 0 Å². The summed E-state index contributed by atoms with van der Waals surface area (Å²) >= 11 is 0. The lowest BCUT2D eigenvalue weighted by molar-refractivity contribution is 0.660. The second-order valence-electron chi connectivity index (χ2n) is 19.3. The van der Waals surface area contributed by atoms with Gasteiger partial charge in [0, 0.05) is 30.9 Å². The van der Waals surface area contributed by atoms with Crippen LogP contribution in [-0.2, 0) is 5.41 Å². The molecule has 3 aliphatic rings. The minimum absolute atomic E-state index is 0.152. The molecule has 13 rings (SSSR count). The van der Waals surface area contributed by atoms with Crippen LogP contribution in [0, 0.1) is 13.8 Å². The highest BCUT2D eigenvalue weighted by atomic mass is 15.3. The molecule has 0 aromatic heterocycles. The van der Waals surface area contributed by atoms with Crippen LogP contribution in [0.2, 0.25) is 0 Å². The van der Waals surface area contributed by atoms with E-state index >= 15 is 0 Å². The lowest BCUT2D eigenvalue weighted by Crippen LogP contribution is -2.24. The molecular formula is C63H50N4. The van der Waals surface area contributed by atoms with Crippen molar-refractivity contribution in [2.45, 2.75) is 33.1 Å². The Morgan fingerprint density at radius 3 is 1.21 bits per heavy atom. The summed E-state index contributed by atoms with van der Waals surface area (Å²) in [6.45, 7) is 9.23. The first kappa shape index (κ1) is 39.3. The van der Waals surface area contributed by atoms with Crippen molar-refractivity contribution in [1.29, 1.82) is 0 Å². The summed E-state index contributed by atoms with van der Waals surface area (Å²) in [5.74, 6) is 0. The summed E-state index contributed by atoms with van der Waals surface area (Å²) in [4.78, 5) is 9.55. The van der Waals surface area contributed by atoms with Crippen LogP contribution in [0.15, 0.2) is 194 Å². The number of anilines is 10. The van der Waals surface area contributed by atoms with Crippen molar-refractivity contribution in [2.75, 3.05) is 33.7 Å². The third kappa shape index (κ3) is 5.72. The minimum atomic E-state index is -0.152. The first-order valence-corrected chi connectivity index (χ1v) is 23.5. The fourth-order valence-electron chi connectivity index (χ4n) is 11.9. The highest BCUT2D eigenvalue weighted by Crippen LogP contribution is 2.56. The maximum Gasteiger partial charge on any atom is 0.0699 e. The monoisotopic (exact) mass is 862 g/mol. The van der Waals surface area contributed by atoms with Gasteiger partial charge in [-0.2, -0.15) is 0 Å². The molecule has 4 heteroatoms. The van der Waals surface area contributed by atoms with Gasteiger partial charge in [0.25, 0.3) is 0 Å². The second kappa shape index (κ2) is 14.5. The van der Waals surface area contributed by atoms with Gasteiger partial charge in [-0.25, -0.2) is 0 Å². The fourth-order valence-corrected chi connectivity index (χ4v) is 11.9. The summed E-state index contributed by atoms with van der Waals surface area (Å²) in [7, 11) is 4.35. The Morgan fingerprint density at radius 2 is 0.731 bits per heavy atom. The number of nitrogens with zero attached hydrogens (tertiary/aromatic N) is 4. The molecule has 1 aliphatic carbocycles. The molecule has 67 heavy (non-hydrogen) atoms. The first-order chi connectivity index (χ1) is 32.7. The molecule has 0 bridgehead atoms. The van der Waals surface area contributed by atoms with Gasteiger partial charge >= 0.3 is 0 Å². The van der Waals surface area contributed by atoms with Crippen LogP contribution in [0.3, 0.4) is 0 Å². The zero-order chi connectivity index (χ0) is 45.3. The zero-order valence-corrected chi connectivity index (χ0v) is 38.8. The van der Waals surface area contributed by atoms with Crippen LogP contribution in [0.4, 0.5) is 56.9 Å². The van der Waals surface area contributed by atoms with Crippen LogP contribution in [0.25, 0.3) is 54.9 Å². The topological polar surface area (TPSA) is 13.0 Å². The quantitative estimate of drug-likeness (QED) is 0.163. The van der Waals surface area contributed by atoms with Gasteiger partial charge in [0.05, 0.1) is 45.5 Å². The van der Waals surface area contributed by atoms with Gasteiger partial charge in [-0.3, -0.25) is 0 Å². The van der Waals surface area contributed by atoms with Crippen molar-refractivity contribution in [1.82, 2.24) is 0 Å². The molecule has 0 spiro atoms. The molecule has 10 aromatic rings. The Bertz CT molecular complexity index is 3600. The predicted octanol–water partition coefficient (Wildman–Crippen LogP) is 17.4. The van der Waals surface area contributed by atoms with Crippen molar-refractivity contribution in [3.05, 3.63) is 216 Å². The molecule has 0 N–H and O–H groups in total. The number of aryl methyl sites for hydroxylation is 2. The van der Waals surface area contributed by atoms with Crippen LogP contribution >= 0.6 is 0 Å². The van der Waals surface area contributed by atoms with Gasteiger partial charge in [-0.05, 0) is 159 Å². The average molecular weight is 863 g/mol. The zero-order valence-electron chi connectivity index (χ0n) is 38.8. The third-order valence-corrected chi connectivity index (χ3v) is 14.9. The van der Waals surface area contributed by atoms with Crippen molar-refractivity contribution in [3.8, 4) is 33.4 Å². The summed E-state index contributed by atoms with van der Waals surface area (Å²) in [6, 6.07) is 72.9. The number of para-hydroxylation sites is 8. The molecule has 2 heterocycles. The number of hydrogen-bond donors (Lipinski definition) is 0. The van der Waals surface area contributed by atoms with Crippen LogP contribution in [0.5, 0.6) is 0 Å². The van der Waals surface area contributed by atoms with E-state index in [9.17, 15) is 0 Å². The largest absolute Gasteiger partial charge is 0.341 e. The molecule has 0 saturated heterocycles. The van der Waals surface area contributed by atoms with Gasteiger partial charge in [-0.1, -0.05) is 140 Å². The van der Waals surface area contributed by atoms with E-state index < -0.39 is 0 Å². The van der Waals surface area contributed by atoms with Crippen molar-refractivity contribution >= 4 is 78.4 Å². The summed E-state index contributed by atoms with van der Waals surface area (Å²) < 4.78 is 0. The van der Waals surface area contributed by atoms with E-state index in [1.807, 2.05) is 0 Å². The first-order valence-electron chi connectivity index (χ1n) is 23.5. The molecule has 322 valence electrons. The second-order valence-corrected chi connectivity index (χ2v) is 19.3. The number of hydrogen-bond acceptors (Lipinski definition) is 4. The van der Waals surface area contributed by atoms with E-state index in [1.165, 1.54) is 99.9 Å². The van der Waals surface area contributed by atoms with Crippen LogP contribution in [0.1, 0.15) is 36.1 Å². The summed E-state index contributed by atoms with van der Waals surface area (Å²) in [6.07, 6.45) is 0. The molecule has 0 atom stereocenters. The van der Waals surface area contributed by atoms with E-state index in [0.29, 0.717) is 0 Å². The predicted molar refractivity (Wildman–Crippen MR) is 285 cm³/mol. The normalized spacial score (nSPS) is 14.1. The van der Waals surface area contributed by atoms with E-state index in [-0.39, 0.29) is 5.41 Å². The number of benzene rings is 10. The Labute approximate surface area is 393 Å². The lowest BCUT2D eigenvalue weighted by atomic mass is 9.80. The standard InChI is InChI=1S/C63H50N4/c1-39-33-40(2)35-42(34-39)62-48-32-29-43(66-57-23-13-9-19-53(57)64(5)54-20-10-14-24-58(54)66)37-49(48)61(41-27-30-46-45-17-7-8-18-51(45)63(3,4)52(46)36-41)47-31-28-44(38-50(47)62)67-59-25-15-11-21-55(59)65(6)56-22-12-16-26-60(56)67/h7-38H,1-6H3. The summed E-state index contributed by atoms with van der Waals surface area (Å²) in [5.41, 5.74) is 24.3. The highest BCUT2D eigenvalue weighted by molar-refractivity contribution is 6.23. The van der Waals surface area contributed by atoms with Crippen molar-refractivity contribution < 1.29 is 0 Å². The Morgan fingerprint density at radius 1 is 0.328 bits per heavy atom.